The zero-order chi connectivity index (χ0) is 16.2. The summed E-state index contributed by atoms with van der Waals surface area (Å²) < 4.78 is 1.02. The summed E-state index contributed by atoms with van der Waals surface area (Å²) in [6, 6.07) is 14.7. The number of benzene rings is 2. The van der Waals surface area contributed by atoms with Crippen LogP contribution in [-0.2, 0) is 0 Å². The summed E-state index contributed by atoms with van der Waals surface area (Å²) in [5.41, 5.74) is 2.52. The average Bonchev–Trinajstić information content (AvgIpc) is 2.91. The zero-order valence-corrected chi connectivity index (χ0v) is 13.2. The number of fused-ring (bicyclic) bond motifs is 1. The number of rotatable bonds is 2. The SMILES string of the molecule is Cc1ccccc1NC(=O)NC(=N)Nc1nc2ccccc2s1. The highest BCUT2D eigenvalue weighted by atomic mass is 32.1. The Morgan fingerprint density at radius 1 is 1.09 bits per heavy atom. The molecule has 2 amide bonds. The van der Waals surface area contributed by atoms with E-state index in [1.807, 2.05) is 49.4 Å². The molecule has 3 rings (SSSR count). The van der Waals surface area contributed by atoms with Gasteiger partial charge >= 0.3 is 6.03 Å². The van der Waals surface area contributed by atoms with Crippen LogP contribution in [0.25, 0.3) is 10.2 Å². The first-order chi connectivity index (χ1) is 11.1. The second kappa shape index (κ2) is 6.45. The van der Waals surface area contributed by atoms with E-state index in [-0.39, 0.29) is 5.96 Å². The number of guanidine groups is 1. The predicted molar refractivity (Wildman–Crippen MR) is 94.3 cm³/mol. The molecule has 0 fully saturated rings. The van der Waals surface area contributed by atoms with E-state index in [0.29, 0.717) is 10.8 Å². The zero-order valence-electron chi connectivity index (χ0n) is 12.4. The van der Waals surface area contributed by atoms with Crippen LogP contribution in [0.2, 0.25) is 0 Å². The van der Waals surface area contributed by atoms with Crippen LogP contribution >= 0.6 is 11.3 Å². The molecule has 0 aliphatic carbocycles. The van der Waals surface area contributed by atoms with Gasteiger partial charge < -0.3 is 10.6 Å². The fourth-order valence-electron chi connectivity index (χ4n) is 2.04. The van der Waals surface area contributed by atoms with Crippen LogP contribution < -0.4 is 16.0 Å². The Morgan fingerprint density at radius 2 is 1.83 bits per heavy atom. The molecule has 2 aromatic carbocycles. The highest BCUT2D eigenvalue weighted by Crippen LogP contribution is 2.25. The third kappa shape index (κ3) is 3.64. The number of thiazole rings is 1. The molecule has 0 bridgehead atoms. The van der Waals surface area contributed by atoms with Crippen molar-refractivity contribution in [2.45, 2.75) is 6.92 Å². The van der Waals surface area contributed by atoms with E-state index in [2.05, 4.69) is 20.9 Å². The Morgan fingerprint density at radius 3 is 2.61 bits per heavy atom. The number of amides is 2. The number of carbonyl (C=O) groups is 1. The van der Waals surface area contributed by atoms with E-state index in [1.165, 1.54) is 11.3 Å². The van der Waals surface area contributed by atoms with Gasteiger partial charge in [-0.05, 0) is 30.7 Å². The van der Waals surface area contributed by atoms with Crippen molar-refractivity contribution in [3.05, 3.63) is 54.1 Å². The molecule has 0 unspecified atom stereocenters. The molecule has 0 atom stereocenters. The van der Waals surface area contributed by atoms with Crippen LogP contribution in [0.4, 0.5) is 15.6 Å². The summed E-state index contributed by atoms with van der Waals surface area (Å²) in [5, 5.41) is 16.3. The molecule has 0 spiro atoms. The van der Waals surface area contributed by atoms with Gasteiger partial charge in [0, 0.05) is 5.69 Å². The van der Waals surface area contributed by atoms with Crippen molar-refractivity contribution in [2.24, 2.45) is 0 Å². The molecular weight excluding hydrogens is 310 g/mol. The molecule has 4 N–H and O–H groups in total. The molecule has 116 valence electrons. The van der Waals surface area contributed by atoms with Crippen molar-refractivity contribution in [2.75, 3.05) is 10.6 Å². The molecule has 0 radical (unpaired) electrons. The van der Waals surface area contributed by atoms with Crippen molar-refractivity contribution in [3.8, 4) is 0 Å². The summed E-state index contributed by atoms with van der Waals surface area (Å²) in [7, 11) is 0. The van der Waals surface area contributed by atoms with Crippen molar-refractivity contribution >= 4 is 44.4 Å². The molecule has 6 nitrogen and oxygen atoms in total. The van der Waals surface area contributed by atoms with Crippen LogP contribution in [0.5, 0.6) is 0 Å². The maximum absolute atomic E-state index is 11.9. The lowest BCUT2D eigenvalue weighted by molar-refractivity contribution is 0.256. The van der Waals surface area contributed by atoms with Gasteiger partial charge in [0.05, 0.1) is 10.2 Å². The third-order valence-corrected chi connectivity index (χ3v) is 4.11. The normalized spacial score (nSPS) is 10.3. The van der Waals surface area contributed by atoms with Gasteiger partial charge in [-0.2, -0.15) is 0 Å². The fourth-order valence-corrected chi connectivity index (χ4v) is 2.91. The van der Waals surface area contributed by atoms with Crippen LogP contribution in [-0.4, -0.2) is 17.0 Å². The Hall–Kier alpha value is -2.93. The topological polar surface area (TPSA) is 89.9 Å². The predicted octanol–water partition coefficient (Wildman–Crippen LogP) is 3.77. The van der Waals surface area contributed by atoms with Gasteiger partial charge in [-0.15, -0.1) is 0 Å². The number of hydrogen-bond acceptors (Lipinski definition) is 4. The molecule has 7 heteroatoms. The summed E-state index contributed by atoms with van der Waals surface area (Å²) in [4.78, 5) is 16.3. The van der Waals surface area contributed by atoms with Crippen LogP contribution in [0.1, 0.15) is 5.56 Å². The van der Waals surface area contributed by atoms with Crippen molar-refractivity contribution in [1.82, 2.24) is 10.3 Å². The second-order valence-corrected chi connectivity index (χ2v) is 5.91. The molecule has 0 saturated heterocycles. The van der Waals surface area contributed by atoms with Crippen LogP contribution in [0.3, 0.4) is 0 Å². The van der Waals surface area contributed by atoms with E-state index in [9.17, 15) is 4.79 Å². The van der Waals surface area contributed by atoms with Gasteiger partial charge in [0.1, 0.15) is 0 Å². The summed E-state index contributed by atoms with van der Waals surface area (Å²) in [6.45, 7) is 1.90. The highest BCUT2D eigenvalue weighted by molar-refractivity contribution is 7.22. The minimum atomic E-state index is -0.474. The fraction of sp³-hybridized carbons (Fsp3) is 0.0625. The smallest absolute Gasteiger partial charge is 0.307 e. The molecule has 0 aliphatic heterocycles. The van der Waals surface area contributed by atoms with Gasteiger partial charge in [0.2, 0.25) is 5.96 Å². The van der Waals surface area contributed by atoms with Crippen molar-refractivity contribution in [3.63, 3.8) is 0 Å². The van der Waals surface area contributed by atoms with E-state index in [4.69, 9.17) is 5.41 Å². The van der Waals surface area contributed by atoms with Gasteiger partial charge in [0.25, 0.3) is 0 Å². The van der Waals surface area contributed by atoms with Gasteiger partial charge in [-0.1, -0.05) is 41.7 Å². The Kier molecular flexibility index (Phi) is 4.20. The maximum Gasteiger partial charge on any atom is 0.326 e. The largest absolute Gasteiger partial charge is 0.326 e. The van der Waals surface area contributed by atoms with Crippen LogP contribution in [0, 0.1) is 12.3 Å². The van der Waals surface area contributed by atoms with Crippen molar-refractivity contribution < 1.29 is 4.79 Å². The molecule has 0 saturated carbocycles. The Labute approximate surface area is 137 Å². The average molecular weight is 325 g/mol. The first-order valence-electron chi connectivity index (χ1n) is 6.96. The van der Waals surface area contributed by atoms with E-state index < -0.39 is 6.03 Å². The number of urea groups is 1. The van der Waals surface area contributed by atoms with E-state index in [1.54, 1.807) is 6.07 Å². The quantitative estimate of drug-likeness (QED) is 0.427. The Balaban J connectivity index is 1.60. The second-order valence-electron chi connectivity index (χ2n) is 4.88. The van der Waals surface area contributed by atoms with Crippen molar-refractivity contribution in [1.29, 1.82) is 5.41 Å². The lowest BCUT2D eigenvalue weighted by atomic mass is 10.2. The number of aromatic nitrogens is 1. The minimum Gasteiger partial charge on any atom is -0.307 e. The number of hydrogen-bond donors (Lipinski definition) is 4. The van der Waals surface area contributed by atoms with E-state index >= 15 is 0 Å². The summed E-state index contributed by atoms with van der Waals surface area (Å²) >= 11 is 1.42. The molecule has 23 heavy (non-hydrogen) atoms. The Bertz CT molecular complexity index is 841. The number of anilines is 2. The van der Waals surface area contributed by atoms with Gasteiger partial charge in [0.15, 0.2) is 5.13 Å². The number of nitrogens with zero attached hydrogens (tertiary/aromatic N) is 1. The number of carbonyl (C=O) groups excluding carboxylic acids is 1. The molecule has 0 aliphatic rings. The monoisotopic (exact) mass is 325 g/mol. The molecular formula is C16H15N5OS. The van der Waals surface area contributed by atoms with Gasteiger partial charge in [-0.3, -0.25) is 10.7 Å². The lowest BCUT2D eigenvalue weighted by Gasteiger charge is -2.10. The number of nitrogens with one attached hydrogen (secondary N) is 4. The number of para-hydroxylation sites is 2. The molecule has 1 aromatic heterocycles. The summed E-state index contributed by atoms with van der Waals surface area (Å²) in [6.07, 6.45) is 0. The van der Waals surface area contributed by atoms with E-state index in [0.717, 1.165) is 15.8 Å². The summed E-state index contributed by atoms with van der Waals surface area (Å²) in [5.74, 6) is -0.129. The number of aryl methyl sites for hydroxylation is 1. The molecule has 1 heterocycles. The minimum absolute atomic E-state index is 0.129. The lowest BCUT2D eigenvalue weighted by Crippen LogP contribution is -2.38. The highest BCUT2D eigenvalue weighted by Gasteiger charge is 2.09. The standard InChI is InChI=1S/C16H15N5OS/c1-10-6-2-3-7-11(10)18-15(22)20-14(17)21-16-19-12-8-4-5-9-13(12)23-16/h2-9H,1H3,(H4,17,18,19,20,21,22). The first kappa shape index (κ1) is 15.0. The maximum atomic E-state index is 11.9. The third-order valence-electron chi connectivity index (χ3n) is 3.16. The van der Waals surface area contributed by atoms with Crippen LogP contribution in [0.15, 0.2) is 48.5 Å². The van der Waals surface area contributed by atoms with Gasteiger partial charge in [-0.25, -0.2) is 9.78 Å². The molecule has 3 aromatic rings. The first-order valence-corrected chi connectivity index (χ1v) is 7.78.